The number of hydrogen-bond donors (Lipinski definition) is 1. The van der Waals surface area contributed by atoms with Crippen LogP contribution < -0.4 is 0 Å². The highest BCUT2D eigenvalue weighted by atomic mass is 32.2. The molecule has 4 nitrogen and oxygen atoms in total. The molecule has 0 spiro atoms. The average Bonchev–Trinajstić information content (AvgIpc) is 2.79. The van der Waals surface area contributed by atoms with Crippen LogP contribution in [0.3, 0.4) is 0 Å². The zero-order valence-corrected chi connectivity index (χ0v) is 9.78. The van der Waals surface area contributed by atoms with Gasteiger partial charge in [0.15, 0.2) is 0 Å². The fourth-order valence-corrected chi connectivity index (χ4v) is 1.81. The summed E-state index contributed by atoms with van der Waals surface area (Å²) >= 11 is 1.51. The first-order valence-corrected chi connectivity index (χ1v) is 6.22. The molecule has 0 atom stereocenters. The average molecular weight is 254 g/mol. The van der Waals surface area contributed by atoms with Gasteiger partial charge in [0.05, 0.1) is 12.4 Å². The highest BCUT2D eigenvalue weighted by Gasteiger charge is 2.08. The Morgan fingerprint density at radius 3 is 2.71 bits per heavy atom. The lowest BCUT2D eigenvalue weighted by molar-refractivity contribution is 0.322. The van der Waals surface area contributed by atoms with Crippen LogP contribution in [0.2, 0.25) is 0 Å². The van der Waals surface area contributed by atoms with E-state index in [0.717, 1.165) is 0 Å². The van der Waals surface area contributed by atoms with E-state index >= 15 is 0 Å². The Balaban J connectivity index is 2.04. The second kappa shape index (κ2) is 5.79. The predicted octanol–water partition coefficient (Wildman–Crippen LogP) is 2.10. The highest BCUT2D eigenvalue weighted by molar-refractivity contribution is 7.98. The zero-order valence-electron chi connectivity index (χ0n) is 8.97. The van der Waals surface area contributed by atoms with Crippen LogP contribution in [-0.2, 0) is 5.75 Å². The van der Waals surface area contributed by atoms with Crippen molar-refractivity contribution in [2.24, 2.45) is 0 Å². The molecular formula is C11H11FN2O2S. The van der Waals surface area contributed by atoms with Crippen LogP contribution in [0, 0.1) is 5.82 Å². The lowest BCUT2D eigenvalue weighted by Gasteiger charge is -1.94. The van der Waals surface area contributed by atoms with E-state index in [9.17, 15) is 4.39 Å². The van der Waals surface area contributed by atoms with Crippen LogP contribution in [-0.4, -0.2) is 27.7 Å². The minimum atomic E-state index is -0.299. The molecule has 2 rings (SSSR count). The standard InChI is InChI=1S/C11H11FN2O2S/c12-9-3-1-8(2-4-9)11-14-13-10(16-11)7-17-6-5-15/h1-4,15H,5-7H2. The lowest BCUT2D eigenvalue weighted by Crippen LogP contribution is -1.87. The smallest absolute Gasteiger partial charge is 0.247 e. The van der Waals surface area contributed by atoms with E-state index in [2.05, 4.69) is 10.2 Å². The Kier molecular flexibility index (Phi) is 4.11. The first-order valence-electron chi connectivity index (χ1n) is 5.06. The molecule has 1 aromatic carbocycles. The fourth-order valence-electron chi connectivity index (χ4n) is 1.25. The third-order valence-electron chi connectivity index (χ3n) is 2.02. The Morgan fingerprint density at radius 2 is 2.00 bits per heavy atom. The van der Waals surface area contributed by atoms with Crippen LogP contribution in [0.25, 0.3) is 11.5 Å². The number of thioether (sulfide) groups is 1. The minimum absolute atomic E-state index is 0.129. The molecule has 0 unspecified atom stereocenters. The van der Waals surface area contributed by atoms with E-state index in [1.807, 2.05) is 0 Å². The summed E-state index contributed by atoms with van der Waals surface area (Å²) in [5, 5.41) is 16.4. The van der Waals surface area contributed by atoms with Gasteiger partial charge in [0.1, 0.15) is 5.82 Å². The van der Waals surface area contributed by atoms with E-state index in [-0.39, 0.29) is 12.4 Å². The van der Waals surface area contributed by atoms with Gasteiger partial charge in [-0.15, -0.1) is 22.0 Å². The van der Waals surface area contributed by atoms with Gasteiger partial charge in [-0.2, -0.15) is 0 Å². The molecule has 0 amide bonds. The first kappa shape index (κ1) is 12.1. The largest absolute Gasteiger partial charge is 0.420 e. The Bertz CT molecular complexity index is 473. The van der Waals surface area contributed by atoms with Crippen molar-refractivity contribution >= 4 is 11.8 Å². The highest BCUT2D eigenvalue weighted by Crippen LogP contribution is 2.19. The number of benzene rings is 1. The van der Waals surface area contributed by atoms with Gasteiger partial charge in [0, 0.05) is 11.3 Å². The number of aliphatic hydroxyl groups excluding tert-OH is 1. The molecule has 0 fully saturated rings. The Morgan fingerprint density at radius 1 is 1.24 bits per heavy atom. The van der Waals surface area contributed by atoms with Crippen molar-refractivity contribution in [3.05, 3.63) is 36.0 Å². The second-order valence-electron chi connectivity index (χ2n) is 3.28. The summed E-state index contributed by atoms with van der Waals surface area (Å²) in [4.78, 5) is 0. The molecule has 2 aromatic rings. The van der Waals surface area contributed by atoms with Gasteiger partial charge >= 0.3 is 0 Å². The molecule has 1 heterocycles. The summed E-state index contributed by atoms with van der Waals surface area (Å²) < 4.78 is 18.1. The van der Waals surface area contributed by atoms with E-state index in [0.29, 0.717) is 28.9 Å². The van der Waals surface area contributed by atoms with Gasteiger partial charge in [-0.05, 0) is 24.3 Å². The predicted molar refractivity (Wildman–Crippen MR) is 62.9 cm³/mol. The van der Waals surface area contributed by atoms with Crippen molar-refractivity contribution in [3.8, 4) is 11.5 Å². The summed E-state index contributed by atoms with van der Waals surface area (Å²) in [6, 6.07) is 5.88. The third-order valence-corrected chi connectivity index (χ3v) is 2.94. The second-order valence-corrected chi connectivity index (χ2v) is 4.39. The maximum absolute atomic E-state index is 12.7. The maximum atomic E-state index is 12.7. The van der Waals surface area contributed by atoms with Gasteiger partial charge in [0.25, 0.3) is 0 Å². The summed E-state index contributed by atoms with van der Waals surface area (Å²) in [7, 11) is 0. The van der Waals surface area contributed by atoms with Crippen LogP contribution in [0.15, 0.2) is 28.7 Å². The topological polar surface area (TPSA) is 59.2 Å². The lowest BCUT2D eigenvalue weighted by atomic mass is 10.2. The number of hydrogen-bond acceptors (Lipinski definition) is 5. The molecule has 6 heteroatoms. The van der Waals surface area contributed by atoms with E-state index in [1.54, 1.807) is 12.1 Å². The molecule has 0 bridgehead atoms. The van der Waals surface area contributed by atoms with Crippen molar-refractivity contribution in [2.45, 2.75) is 5.75 Å². The molecule has 0 saturated carbocycles. The first-order chi connectivity index (χ1) is 8.29. The number of halogens is 1. The summed E-state index contributed by atoms with van der Waals surface area (Å²) in [6.45, 7) is 0.129. The molecule has 0 aliphatic carbocycles. The van der Waals surface area contributed by atoms with Gasteiger partial charge in [-0.25, -0.2) is 4.39 Å². The van der Waals surface area contributed by atoms with Gasteiger partial charge in [0.2, 0.25) is 11.8 Å². The molecule has 0 radical (unpaired) electrons. The molecule has 90 valence electrons. The van der Waals surface area contributed by atoms with Crippen molar-refractivity contribution in [1.82, 2.24) is 10.2 Å². The van der Waals surface area contributed by atoms with E-state index in [1.165, 1.54) is 23.9 Å². The number of aromatic nitrogens is 2. The maximum Gasteiger partial charge on any atom is 0.247 e. The molecular weight excluding hydrogens is 243 g/mol. The normalized spacial score (nSPS) is 10.7. The van der Waals surface area contributed by atoms with Crippen molar-refractivity contribution in [3.63, 3.8) is 0 Å². The molecule has 0 aliphatic rings. The zero-order chi connectivity index (χ0) is 12.1. The Hall–Kier alpha value is -1.40. The summed E-state index contributed by atoms with van der Waals surface area (Å²) in [5.74, 6) is 1.78. The van der Waals surface area contributed by atoms with Crippen molar-refractivity contribution in [1.29, 1.82) is 0 Å². The van der Waals surface area contributed by atoms with E-state index in [4.69, 9.17) is 9.52 Å². The fraction of sp³-hybridized carbons (Fsp3) is 0.273. The quantitative estimate of drug-likeness (QED) is 0.828. The SMILES string of the molecule is OCCSCc1nnc(-c2ccc(F)cc2)o1. The van der Waals surface area contributed by atoms with Crippen molar-refractivity contribution < 1.29 is 13.9 Å². The van der Waals surface area contributed by atoms with E-state index < -0.39 is 0 Å². The summed E-state index contributed by atoms with van der Waals surface area (Å²) in [6.07, 6.45) is 0. The Labute approximate surface area is 102 Å². The van der Waals surface area contributed by atoms with Crippen LogP contribution in [0.1, 0.15) is 5.89 Å². The molecule has 1 aromatic heterocycles. The molecule has 17 heavy (non-hydrogen) atoms. The van der Waals surface area contributed by atoms with Crippen LogP contribution >= 0.6 is 11.8 Å². The van der Waals surface area contributed by atoms with Gasteiger partial charge in [-0.1, -0.05) is 0 Å². The number of nitrogens with zero attached hydrogens (tertiary/aromatic N) is 2. The molecule has 0 aliphatic heterocycles. The number of aliphatic hydroxyl groups is 1. The van der Waals surface area contributed by atoms with Gasteiger partial charge in [-0.3, -0.25) is 0 Å². The van der Waals surface area contributed by atoms with Gasteiger partial charge < -0.3 is 9.52 Å². The molecule has 0 saturated heterocycles. The minimum Gasteiger partial charge on any atom is -0.420 e. The monoisotopic (exact) mass is 254 g/mol. The van der Waals surface area contributed by atoms with Crippen LogP contribution in [0.5, 0.6) is 0 Å². The van der Waals surface area contributed by atoms with Crippen LogP contribution in [0.4, 0.5) is 4.39 Å². The molecule has 1 N–H and O–H groups in total. The van der Waals surface area contributed by atoms with Crippen molar-refractivity contribution in [2.75, 3.05) is 12.4 Å². The third kappa shape index (κ3) is 3.28. The number of rotatable bonds is 5. The summed E-state index contributed by atoms with van der Waals surface area (Å²) in [5.41, 5.74) is 0.692.